The molecule has 2 heterocycles. The number of Topliss-reactive ketones (excluding diaryl/α,β-unsaturated/α-hetero) is 1. The standard InChI is InChI=1S/C29H42N2O17.C14H21N3O6.CH4/c1-13-19(34)20(35)24(26(46-13)28(39)40)47-29-22(37)21(36)23(44-3)25(48-29)27(38)30-8-4-6-15(33)7-5-9-45-18-11-16(31(41)42)14(12-32)10-17(18)43-2;1-22-12-7-10(9-18)11(17(20)21)8-13(12)23-6-2-3-14(19)16-5-4-15;/h10-11,13,19-26,29,32,34-37H,4-9,12H2,1-3H3,(H,30,38)(H,39,40);7-8,18H,2-6,9,15H2,1H3,(H,16,19);1H4. The van der Waals surface area contributed by atoms with Gasteiger partial charge in [-0.2, -0.15) is 0 Å². The van der Waals surface area contributed by atoms with Crippen molar-refractivity contribution in [2.45, 2.75) is 127 Å². The zero-order chi connectivity index (χ0) is 52.9. The Balaban J connectivity index is 0.000000621. The normalized spacial score (nSPS) is 23.5. The van der Waals surface area contributed by atoms with Gasteiger partial charge in [0, 0.05) is 46.0 Å². The molecular formula is C44H67N5O23. The first-order valence-corrected chi connectivity index (χ1v) is 22.2. The Bertz CT molecular complexity index is 2100. The minimum Gasteiger partial charge on any atom is -0.493 e. The van der Waals surface area contributed by atoms with Crippen molar-refractivity contribution in [1.29, 1.82) is 0 Å². The van der Waals surface area contributed by atoms with E-state index in [9.17, 15) is 75.2 Å². The number of ether oxygens (including phenoxy) is 8. The molecule has 10 atom stereocenters. The summed E-state index contributed by atoms with van der Waals surface area (Å²) in [6, 6.07) is 5.01. The fourth-order valence-electron chi connectivity index (χ4n) is 7.18. The molecule has 0 spiro atoms. The molecule has 2 aromatic carbocycles. The second-order valence-corrected chi connectivity index (χ2v) is 15.9. The smallest absolute Gasteiger partial charge is 0.335 e. The molecule has 4 rings (SSSR count). The van der Waals surface area contributed by atoms with Gasteiger partial charge in [-0.15, -0.1) is 0 Å². The number of carbonyl (C=O) groups is 4. The van der Waals surface area contributed by atoms with Crippen molar-refractivity contribution in [1.82, 2.24) is 10.6 Å². The number of carboxylic acids is 1. The van der Waals surface area contributed by atoms with Crippen LogP contribution in [0.25, 0.3) is 0 Å². The van der Waals surface area contributed by atoms with E-state index in [4.69, 9.17) is 43.6 Å². The zero-order valence-electron chi connectivity index (χ0n) is 39.4. The van der Waals surface area contributed by atoms with Crippen molar-refractivity contribution in [3.8, 4) is 23.0 Å². The maximum atomic E-state index is 13.0. The summed E-state index contributed by atoms with van der Waals surface area (Å²) in [5.74, 6) is -1.88. The van der Waals surface area contributed by atoms with Crippen molar-refractivity contribution < 1.29 is 103 Å². The molecule has 11 N–H and O–H groups in total. The van der Waals surface area contributed by atoms with E-state index in [0.29, 0.717) is 19.5 Å². The van der Waals surface area contributed by atoms with Gasteiger partial charge in [0.05, 0.1) is 79.9 Å². The van der Waals surface area contributed by atoms with Crippen LogP contribution in [0.5, 0.6) is 23.0 Å². The molecule has 28 nitrogen and oxygen atoms in total. The van der Waals surface area contributed by atoms with Gasteiger partial charge < -0.3 is 90.0 Å². The number of nitrogens with two attached hydrogens (primary N) is 1. The van der Waals surface area contributed by atoms with E-state index in [1.807, 2.05) is 0 Å². The third-order valence-corrected chi connectivity index (χ3v) is 11.0. The molecule has 0 saturated carbocycles. The van der Waals surface area contributed by atoms with Crippen LogP contribution in [0, 0.1) is 20.2 Å². The quantitative estimate of drug-likeness (QED) is 0.0295. The number of nitro groups is 2. The highest BCUT2D eigenvalue weighted by atomic mass is 16.7. The lowest BCUT2D eigenvalue weighted by atomic mass is 9.94. The summed E-state index contributed by atoms with van der Waals surface area (Å²) in [5, 5.41) is 97.3. The monoisotopic (exact) mass is 1030 g/mol. The van der Waals surface area contributed by atoms with Crippen LogP contribution in [0.15, 0.2) is 24.3 Å². The van der Waals surface area contributed by atoms with Crippen molar-refractivity contribution in [3.63, 3.8) is 0 Å². The van der Waals surface area contributed by atoms with E-state index in [1.165, 1.54) is 39.3 Å². The summed E-state index contributed by atoms with van der Waals surface area (Å²) in [6.07, 6.45) is -14.9. The van der Waals surface area contributed by atoms with Crippen molar-refractivity contribution in [3.05, 3.63) is 55.6 Å². The molecule has 0 aromatic heterocycles. The van der Waals surface area contributed by atoms with Gasteiger partial charge in [-0.05, 0) is 38.3 Å². The first-order chi connectivity index (χ1) is 33.8. The third kappa shape index (κ3) is 17.4. The van der Waals surface area contributed by atoms with E-state index in [1.54, 1.807) is 0 Å². The van der Waals surface area contributed by atoms with Crippen LogP contribution in [0.2, 0.25) is 0 Å². The number of carboxylic acid groups (broad SMARTS) is 1. The van der Waals surface area contributed by atoms with E-state index in [-0.39, 0.29) is 116 Å². The van der Waals surface area contributed by atoms with E-state index < -0.39 is 96.2 Å². The van der Waals surface area contributed by atoms with E-state index in [2.05, 4.69) is 10.6 Å². The number of rotatable bonds is 27. The largest absolute Gasteiger partial charge is 0.493 e. The molecule has 2 fully saturated rings. The molecule has 406 valence electrons. The molecule has 2 saturated heterocycles. The predicted molar refractivity (Wildman–Crippen MR) is 247 cm³/mol. The minimum absolute atomic E-state index is 0. The molecule has 28 heteroatoms. The summed E-state index contributed by atoms with van der Waals surface area (Å²) < 4.78 is 42.7. The van der Waals surface area contributed by atoms with Gasteiger partial charge in [-0.3, -0.25) is 34.6 Å². The second-order valence-electron chi connectivity index (χ2n) is 15.9. The van der Waals surface area contributed by atoms with Crippen molar-refractivity contribution >= 4 is 34.9 Å². The van der Waals surface area contributed by atoms with Gasteiger partial charge in [0.1, 0.15) is 42.4 Å². The fourth-order valence-corrected chi connectivity index (χ4v) is 7.18. The molecule has 2 aromatic rings. The van der Waals surface area contributed by atoms with E-state index in [0.717, 1.165) is 13.2 Å². The van der Waals surface area contributed by atoms with Crippen molar-refractivity contribution in [2.24, 2.45) is 5.73 Å². The van der Waals surface area contributed by atoms with Crippen LogP contribution < -0.4 is 35.3 Å². The summed E-state index contributed by atoms with van der Waals surface area (Å²) >= 11 is 0. The number of amides is 2. The van der Waals surface area contributed by atoms with Gasteiger partial charge >= 0.3 is 5.97 Å². The molecule has 72 heavy (non-hydrogen) atoms. The van der Waals surface area contributed by atoms with Gasteiger partial charge in [0.25, 0.3) is 17.3 Å². The Morgan fingerprint density at radius 1 is 0.694 bits per heavy atom. The number of nitrogens with one attached hydrogen (secondary N) is 2. The van der Waals surface area contributed by atoms with Crippen LogP contribution in [0.4, 0.5) is 11.4 Å². The summed E-state index contributed by atoms with van der Waals surface area (Å²) in [7, 11) is 3.90. The molecule has 2 amide bonds. The molecule has 10 unspecified atom stereocenters. The van der Waals surface area contributed by atoms with Gasteiger partial charge in [0.15, 0.2) is 41.5 Å². The number of ketones is 1. The average molecular weight is 1030 g/mol. The number of benzene rings is 2. The topological polar surface area (TPSA) is 420 Å². The molecule has 0 aliphatic carbocycles. The highest BCUT2D eigenvalue weighted by Gasteiger charge is 2.53. The number of nitro benzene ring substituents is 2. The van der Waals surface area contributed by atoms with E-state index >= 15 is 0 Å². The lowest BCUT2D eigenvalue weighted by Gasteiger charge is -2.45. The molecular weight excluding hydrogens is 966 g/mol. The van der Waals surface area contributed by atoms with Gasteiger partial charge in [-0.25, -0.2) is 4.79 Å². The van der Waals surface area contributed by atoms with Crippen LogP contribution in [-0.4, -0.2) is 185 Å². The lowest BCUT2D eigenvalue weighted by molar-refractivity contribution is -0.386. The van der Waals surface area contributed by atoms with Crippen LogP contribution in [0.3, 0.4) is 0 Å². The maximum Gasteiger partial charge on any atom is 0.335 e. The Kier molecular flexibility index (Phi) is 26.6. The first-order valence-electron chi connectivity index (χ1n) is 22.2. The molecule has 0 bridgehead atoms. The summed E-state index contributed by atoms with van der Waals surface area (Å²) in [6.45, 7) is 1.33. The Hall–Kier alpha value is -5.92. The van der Waals surface area contributed by atoms with Crippen LogP contribution in [0.1, 0.15) is 64.0 Å². The summed E-state index contributed by atoms with van der Waals surface area (Å²) in [5.41, 5.74) is 4.89. The Labute approximate surface area is 413 Å². The highest BCUT2D eigenvalue weighted by Crippen LogP contribution is 2.36. The first kappa shape index (κ1) is 62.2. The predicted octanol–water partition coefficient (Wildman–Crippen LogP) is -0.873. The molecule has 2 aliphatic rings. The lowest BCUT2D eigenvalue weighted by Crippen LogP contribution is -2.66. The Morgan fingerprint density at radius 2 is 1.21 bits per heavy atom. The number of methoxy groups -OCH3 is 3. The zero-order valence-corrected chi connectivity index (χ0v) is 39.4. The number of aliphatic hydroxyl groups excluding tert-OH is 6. The van der Waals surface area contributed by atoms with Gasteiger partial charge in [-0.1, -0.05) is 7.43 Å². The minimum atomic E-state index is -1.85. The average Bonchev–Trinajstić information content (AvgIpc) is 3.35. The SMILES string of the molecule is C.COc1cc(CO)c([N+](=O)[O-])cc1OCCCC(=O)CCCNC(=O)C1OC(OC2C(C(=O)O)OC(C)C(O)C2O)C(O)C(O)C1OC.COc1cc(CO)c([N+](=O)[O-])cc1OCCCC(=O)NCCN. The number of carbonyl (C=O) groups excluding carboxylic acids is 3. The summed E-state index contributed by atoms with van der Waals surface area (Å²) in [4.78, 5) is 69.5. The van der Waals surface area contributed by atoms with Crippen LogP contribution in [-0.2, 0) is 51.3 Å². The number of hydrogen-bond donors (Lipinski definition) is 10. The van der Waals surface area contributed by atoms with Crippen molar-refractivity contribution in [2.75, 3.05) is 54.2 Å². The maximum absolute atomic E-state index is 13.0. The fraction of sp³-hybridized carbons (Fsp3) is 0.636. The molecule has 0 radical (unpaired) electrons. The Morgan fingerprint density at radius 3 is 1.68 bits per heavy atom. The highest BCUT2D eigenvalue weighted by molar-refractivity contribution is 5.82. The number of nitrogens with zero attached hydrogens (tertiary/aromatic N) is 2. The third-order valence-electron chi connectivity index (χ3n) is 11.0. The number of aliphatic hydroxyl groups is 6. The second kappa shape index (κ2) is 30.8. The number of aliphatic carboxylic acids is 1. The van der Waals surface area contributed by atoms with Gasteiger partial charge in [0.2, 0.25) is 5.91 Å². The van der Waals surface area contributed by atoms with Crippen LogP contribution >= 0.6 is 0 Å². The number of hydrogen-bond acceptors (Lipinski definition) is 23. The molecule has 2 aliphatic heterocycles.